The first kappa shape index (κ1) is 19.5. The summed E-state index contributed by atoms with van der Waals surface area (Å²) in [6.07, 6.45) is 0. The van der Waals surface area contributed by atoms with Crippen LogP contribution in [0.5, 0.6) is 0 Å². The fourth-order valence-corrected chi connectivity index (χ4v) is 2.45. The van der Waals surface area contributed by atoms with Gasteiger partial charge in [0.25, 0.3) is 5.91 Å². The van der Waals surface area contributed by atoms with E-state index in [2.05, 4.69) is 25.7 Å². The first-order valence-corrected chi connectivity index (χ1v) is 8.51. The number of carbonyl (C=O) groups is 3. The minimum atomic E-state index is -0.529. The predicted octanol–water partition coefficient (Wildman–Crippen LogP) is 1.54. The number of ether oxygens (including phenoxy) is 1. The molecule has 4 N–H and O–H groups in total. The highest BCUT2D eigenvalue weighted by Crippen LogP contribution is 2.13. The van der Waals surface area contributed by atoms with E-state index in [9.17, 15) is 14.4 Å². The predicted molar refractivity (Wildman–Crippen MR) is 105 cm³/mol. The number of benzene rings is 2. The van der Waals surface area contributed by atoms with Crippen LogP contribution in [0.4, 0.5) is 17.2 Å². The van der Waals surface area contributed by atoms with Crippen molar-refractivity contribution in [1.29, 1.82) is 0 Å². The maximum atomic E-state index is 12.3. The molecule has 1 heterocycles. The van der Waals surface area contributed by atoms with Gasteiger partial charge in [-0.1, -0.05) is 23.4 Å². The first-order valence-electron chi connectivity index (χ1n) is 8.51. The normalized spacial score (nSPS) is 10.2. The van der Waals surface area contributed by atoms with Gasteiger partial charge in [0.05, 0.1) is 12.7 Å². The lowest BCUT2D eigenvalue weighted by atomic mass is 10.2. The molecule has 10 heteroatoms. The number of hydrogen-bond donors (Lipinski definition) is 3. The van der Waals surface area contributed by atoms with E-state index in [4.69, 9.17) is 5.73 Å². The Kier molecular flexibility index (Phi) is 5.83. The molecule has 0 spiro atoms. The van der Waals surface area contributed by atoms with Crippen LogP contribution >= 0.6 is 0 Å². The molecule has 0 fully saturated rings. The summed E-state index contributed by atoms with van der Waals surface area (Å²) in [6.45, 7) is -0.240. The minimum absolute atomic E-state index is 0.0328. The maximum Gasteiger partial charge on any atom is 0.337 e. The lowest BCUT2D eigenvalue weighted by Gasteiger charge is -2.07. The second-order valence-electron chi connectivity index (χ2n) is 5.92. The number of nitrogens with zero attached hydrogens (tertiary/aromatic N) is 3. The van der Waals surface area contributed by atoms with Gasteiger partial charge in [0.1, 0.15) is 6.54 Å². The third-order valence-electron chi connectivity index (χ3n) is 3.90. The van der Waals surface area contributed by atoms with Crippen LogP contribution in [-0.4, -0.2) is 39.9 Å². The number of nitrogen functional groups attached to an aromatic ring is 1. The molecule has 2 aromatic carbocycles. The summed E-state index contributed by atoms with van der Waals surface area (Å²) in [5, 5.41) is 12.8. The fraction of sp³-hybridized carbons (Fsp3) is 0.105. The quantitative estimate of drug-likeness (QED) is 0.538. The van der Waals surface area contributed by atoms with Gasteiger partial charge in [-0.3, -0.25) is 9.59 Å². The van der Waals surface area contributed by atoms with Crippen molar-refractivity contribution in [1.82, 2.24) is 15.0 Å². The van der Waals surface area contributed by atoms with Gasteiger partial charge in [-0.05, 0) is 36.4 Å². The third kappa shape index (κ3) is 4.75. The highest BCUT2D eigenvalue weighted by molar-refractivity contribution is 6.05. The number of methoxy groups -OCH3 is 1. The van der Waals surface area contributed by atoms with Crippen molar-refractivity contribution >= 4 is 35.0 Å². The molecule has 0 aliphatic carbocycles. The Labute approximate surface area is 165 Å². The van der Waals surface area contributed by atoms with Gasteiger partial charge in [0, 0.05) is 11.4 Å². The molecule has 10 nitrogen and oxygen atoms in total. The van der Waals surface area contributed by atoms with Gasteiger partial charge in [-0.15, -0.1) is 5.10 Å². The molecular weight excluding hydrogens is 376 g/mol. The third-order valence-corrected chi connectivity index (χ3v) is 3.90. The molecular formula is C19H18N6O4. The molecule has 0 unspecified atom stereocenters. The number of nitrogens with two attached hydrogens (primary N) is 1. The highest BCUT2D eigenvalue weighted by atomic mass is 16.5. The molecule has 0 bridgehead atoms. The zero-order chi connectivity index (χ0) is 20.8. The molecule has 0 radical (unpaired) electrons. The summed E-state index contributed by atoms with van der Waals surface area (Å²) >= 11 is 0. The fourth-order valence-electron chi connectivity index (χ4n) is 2.45. The van der Waals surface area contributed by atoms with Gasteiger partial charge in [-0.2, -0.15) is 0 Å². The lowest BCUT2D eigenvalue weighted by molar-refractivity contribution is -0.116. The number of nitrogens with one attached hydrogen (secondary N) is 2. The molecule has 0 atom stereocenters. The molecule has 0 aliphatic heterocycles. The molecule has 0 saturated carbocycles. The van der Waals surface area contributed by atoms with Crippen LogP contribution in [0.15, 0.2) is 54.6 Å². The zero-order valence-corrected chi connectivity index (χ0v) is 15.5. The van der Waals surface area contributed by atoms with E-state index in [1.54, 1.807) is 36.4 Å². The Morgan fingerprint density at radius 3 is 2.31 bits per heavy atom. The number of esters is 1. The van der Waals surface area contributed by atoms with Gasteiger partial charge >= 0.3 is 5.97 Å². The largest absolute Gasteiger partial charge is 0.465 e. The molecule has 29 heavy (non-hydrogen) atoms. The summed E-state index contributed by atoms with van der Waals surface area (Å²) in [4.78, 5) is 35.9. The van der Waals surface area contributed by atoms with Crippen molar-refractivity contribution in [2.45, 2.75) is 6.54 Å². The monoisotopic (exact) mass is 394 g/mol. The van der Waals surface area contributed by atoms with E-state index < -0.39 is 17.8 Å². The average molecular weight is 394 g/mol. The van der Waals surface area contributed by atoms with E-state index in [1.165, 1.54) is 19.2 Å². The highest BCUT2D eigenvalue weighted by Gasteiger charge is 2.19. The second-order valence-corrected chi connectivity index (χ2v) is 5.92. The van der Waals surface area contributed by atoms with Crippen molar-refractivity contribution in [2.75, 3.05) is 23.5 Å². The van der Waals surface area contributed by atoms with E-state index in [1.807, 2.05) is 6.07 Å². The van der Waals surface area contributed by atoms with Crippen LogP contribution < -0.4 is 16.4 Å². The summed E-state index contributed by atoms with van der Waals surface area (Å²) in [6, 6.07) is 15.0. The number of carbonyl (C=O) groups excluding carboxylic acids is 3. The number of rotatable bonds is 6. The van der Waals surface area contributed by atoms with E-state index in [0.29, 0.717) is 16.9 Å². The SMILES string of the molecule is COC(=O)c1ccc(NC(=O)Cn2nnc(C(=O)Nc3ccccc3)c2N)cc1. The Morgan fingerprint density at radius 1 is 1.00 bits per heavy atom. The van der Waals surface area contributed by atoms with Gasteiger partial charge in [0.2, 0.25) is 5.91 Å². The summed E-state index contributed by atoms with van der Waals surface area (Å²) in [5.41, 5.74) is 7.25. The van der Waals surface area contributed by atoms with E-state index in [0.717, 1.165) is 4.68 Å². The van der Waals surface area contributed by atoms with Crippen LogP contribution in [0, 0.1) is 0 Å². The van der Waals surface area contributed by atoms with Crippen molar-refractivity contribution in [3.63, 3.8) is 0 Å². The van der Waals surface area contributed by atoms with Gasteiger partial charge < -0.3 is 21.1 Å². The Morgan fingerprint density at radius 2 is 1.66 bits per heavy atom. The Bertz CT molecular complexity index is 1030. The minimum Gasteiger partial charge on any atom is -0.465 e. The Balaban J connectivity index is 1.62. The van der Waals surface area contributed by atoms with Crippen LogP contribution in [0.2, 0.25) is 0 Å². The van der Waals surface area contributed by atoms with Crippen LogP contribution in [0.25, 0.3) is 0 Å². The summed E-state index contributed by atoms with van der Waals surface area (Å²) in [5.74, 6) is -1.46. The second kappa shape index (κ2) is 8.65. The van der Waals surface area contributed by atoms with Crippen LogP contribution in [0.3, 0.4) is 0 Å². The number of amides is 2. The topological polar surface area (TPSA) is 141 Å². The van der Waals surface area contributed by atoms with Crippen molar-refractivity contribution in [3.05, 3.63) is 65.9 Å². The maximum absolute atomic E-state index is 12.3. The van der Waals surface area contributed by atoms with E-state index >= 15 is 0 Å². The Hall–Kier alpha value is -4.21. The molecule has 0 saturated heterocycles. The van der Waals surface area contributed by atoms with Crippen molar-refractivity contribution < 1.29 is 19.1 Å². The van der Waals surface area contributed by atoms with Crippen molar-refractivity contribution in [3.8, 4) is 0 Å². The number of aromatic nitrogens is 3. The smallest absolute Gasteiger partial charge is 0.337 e. The zero-order valence-electron chi connectivity index (χ0n) is 15.5. The average Bonchev–Trinajstić information content (AvgIpc) is 3.09. The van der Waals surface area contributed by atoms with Crippen molar-refractivity contribution in [2.24, 2.45) is 0 Å². The number of hydrogen-bond acceptors (Lipinski definition) is 7. The number of anilines is 3. The lowest BCUT2D eigenvalue weighted by Crippen LogP contribution is -2.21. The molecule has 3 rings (SSSR count). The summed E-state index contributed by atoms with van der Waals surface area (Å²) in [7, 11) is 1.29. The van der Waals surface area contributed by atoms with Crippen LogP contribution in [0.1, 0.15) is 20.8 Å². The number of para-hydroxylation sites is 1. The van der Waals surface area contributed by atoms with Crippen LogP contribution in [-0.2, 0) is 16.1 Å². The molecule has 2 amide bonds. The van der Waals surface area contributed by atoms with Gasteiger partial charge in [0.15, 0.2) is 11.5 Å². The molecule has 3 aromatic rings. The standard InChI is InChI=1S/C19H18N6O4/c1-29-19(28)12-7-9-14(10-8-12)21-15(26)11-25-17(20)16(23-24-25)18(27)22-13-5-3-2-4-6-13/h2-10H,11,20H2,1H3,(H,21,26)(H,22,27). The van der Waals surface area contributed by atoms with Gasteiger partial charge in [-0.25, -0.2) is 9.48 Å². The van der Waals surface area contributed by atoms with E-state index in [-0.39, 0.29) is 18.1 Å². The first-order chi connectivity index (χ1) is 14.0. The molecule has 1 aromatic heterocycles. The molecule has 0 aliphatic rings. The summed E-state index contributed by atoms with van der Waals surface area (Å²) < 4.78 is 5.74. The molecule has 148 valence electrons.